The molecule has 0 aromatic heterocycles. The maximum Gasteiger partial charge on any atom is 2.00 e. The minimum absolute atomic E-state index is 0. The first-order valence-corrected chi connectivity index (χ1v) is 3.26. The summed E-state index contributed by atoms with van der Waals surface area (Å²) in [5.41, 5.74) is 1.07. The fraction of sp³-hybridized carbons (Fsp3) is 0.222. The van der Waals surface area contributed by atoms with Gasteiger partial charge in [0.25, 0.3) is 0 Å². The Morgan fingerprint density at radius 2 is 1.42 bits per heavy atom. The molecule has 0 saturated carbocycles. The molecule has 3 heteroatoms. The normalized spacial score (nSPS) is 6.50. The molecule has 0 aliphatic heterocycles. The summed E-state index contributed by atoms with van der Waals surface area (Å²) < 4.78 is 0. The molecule has 0 heterocycles. The first kappa shape index (κ1) is 18.0. The summed E-state index contributed by atoms with van der Waals surface area (Å²) in [6.45, 7) is 3.72. The third-order valence-electron chi connectivity index (χ3n) is 0.843. The van der Waals surface area contributed by atoms with Crippen LogP contribution in [0.15, 0.2) is 30.3 Å². The molecule has 0 bridgehead atoms. The van der Waals surface area contributed by atoms with E-state index in [-0.39, 0.29) is 35.5 Å². The number of benzene rings is 1. The van der Waals surface area contributed by atoms with Crippen LogP contribution in [0.1, 0.15) is 5.56 Å². The Hall–Kier alpha value is 0.106. The monoisotopic (exact) mass is 196 g/mol. The molecule has 1 aromatic carbocycles. The molecule has 0 spiro atoms. The van der Waals surface area contributed by atoms with Crippen LogP contribution in [-0.2, 0) is 0 Å². The predicted octanol–water partition coefficient (Wildman–Crippen LogP) is 1.75. The number of rotatable bonds is 0. The van der Waals surface area contributed by atoms with Crippen LogP contribution >= 0.6 is 12.4 Å². The van der Waals surface area contributed by atoms with Gasteiger partial charge < -0.3 is 5.32 Å². The van der Waals surface area contributed by atoms with Crippen molar-refractivity contribution < 1.29 is 0 Å². The maximum absolute atomic E-state index is 3.72. The molecule has 0 fully saturated rings. The summed E-state index contributed by atoms with van der Waals surface area (Å²) in [5.74, 6) is 0. The van der Waals surface area contributed by atoms with Crippen LogP contribution in [0.5, 0.6) is 0 Å². The van der Waals surface area contributed by atoms with E-state index in [1.54, 1.807) is 0 Å². The average Bonchev–Trinajstić information content (AvgIpc) is 1.91. The Morgan fingerprint density at radius 1 is 1.08 bits per heavy atom. The van der Waals surface area contributed by atoms with E-state index < -0.39 is 0 Å². The molecule has 0 aliphatic rings. The summed E-state index contributed by atoms with van der Waals surface area (Å²) >= 11 is 0. The van der Waals surface area contributed by atoms with E-state index >= 15 is 0 Å². The summed E-state index contributed by atoms with van der Waals surface area (Å²) in [4.78, 5) is 0. The number of hydrogen-bond donors (Lipinski definition) is 1. The second kappa shape index (κ2) is 13.7. The number of nitrogens with one attached hydrogen (secondary N) is 1. The molecule has 64 valence electrons. The minimum Gasteiger partial charge on any atom is -0.323 e. The molecule has 0 atom stereocenters. The van der Waals surface area contributed by atoms with Gasteiger partial charge in [-0.2, -0.15) is 24.6 Å². The predicted molar refractivity (Wildman–Crippen MR) is 58.9 cm³/mol. The smallest absolute Gasteiger partial charge is 0.323 e. The van der Waals surface area contributed by atoms with E-state index in [9.17, 15) is 0 Å². The minimum atomic E-state index is 0. The zero-order chi connectivity index (χ0) is 7.82. The second-order valence-corrected chi connectivity index (χ2v) is 1.99. The van der Waals surface area contributed by atoms with Crippen molar-refractivity contribution in [1.29, 1.82) is 0 Å². The van der Waals surface area contributed by atoms with Gasteiger partial charge in [-0.3, -0.25) is 0 Å². The number of halogens is 1. The standard InChI is InChI=1S/C7H7.C2H7N.ClH.Mg/c1-7-5-3-2-4-6-7;1-3-2;;/h2-6H,1H2;3H,1-2H3;1H;/q-1;;;+2. The topological polar surface area (TPSA) is 12.0 Å². The van der Waals surface area contributed by atoms with Gasteiger partial charge in [0.1, 0.15) is 0 Å². The van der Waals surface area contributed by atoms with Crippen LogP contribution < -0.4 is 5.32 Å². The van der Waals surface area contributed by atoms with Crippen LogP contribution in [0.4, 0.5) is 0 Å². The summed E-state index contributed by atoms with van der Waals surface area (Å²) in [6, 6.07) is 9.87. The number of hydrogen-bond acceptors (Lipinski definition) is 1. The van der Waals surface area contributed by atoms with E-state index in [1.807, 2.05) is 44.4 Å². The largest absolute Gasteiger partial charge is 2.00 e. The molecular formula is C9H15ClMgN+. The molecule has 1 rings (SSSR count). The van der Waals surface area contributed by atoms with Crippen molar-refractivity contribution in [2.45, 2.75) is 0 Å². The van der Waals surface area contributed by atoms with Gasteiger partial charge in [0.2, 0.25) is 0 Å². The van der Waals surface area contributed by atoms with E-state index in [2.05, 4.69) is 12.2 Å². The van der Waals surface area contributed by atoms with Gasteiger partial charge in [0, 0.05) is 0 Å². The molecule has 0 aliphatic carbocycles. The summed E-state index contributed by atoms with van der Waals surface area (Å²) in [5, 5.41) is 2.75. The van der Waals surface area contributed by atoms with E-state index in [0.29, 0.717) is 0 Å². The molecule has 0 saturated heterocycles. The van der Waals surface area contributed by atoms with Crippen LogP contribution in [0, 0.1) is 6.92 Å². The van der Waals surface area contributed by atoms with Gasteiger partial charge in [-0.05, 0) is 14.1 Å². The van der Waals surface area contributed by atoms with E-state index in [0.717, 1.165) is 5.56 Å². The fourth-order valence-electron chi connectivity index (χ4n) is 0.478. The summed E-state index contributed by atoms with van der Waals surface area (Å²) in [6.07, 6.45) is 0. The van der Waals surface area contributed by atoms with Gasteiger partial charge in [-0.15, -0.1) is 24.5 Å². The summed E-state index contributed by atoms with van der Waals surface area (Å²) in [7, 11) is 3.75. The Labute approximate surface area is 97.5 Å². The van der Waals surface area contributed by atoms with Crippen LogP contribution in [0.2, 0.25) is 0 Å². The molecule has 1 N–H and O–H groups in total. The van der Waals surface area contributed by atoms with Crippen molar-refractivity contribution in [3.63, 3.8) is 0 Å². The molecule has 12 heavy (non-hydrogen) atoms. The third kappa shape index (κ3) is 12.8. The van der Waals surface area contributed by atoms with Gasteiger partial charge in [0.05, 0.1) is 0 Å². The van der Waals surface area contributed by atoms with Gasteiger partial charge in [-0.25, -0.2) is 0 Å². The van der Waals surface area contributed by atoms with Crippen LogP contribution in [0.25, 0.3) is 0 Å². The Morgan fingerprint density at radius 3 is 1.58 bits per heavy atom. The molecule has 1 aromatic rings. The third-order valence-corrected chi connectivity index (χ3v) is 0.843. The quantitative estimate of drug-likeness (QED) is 0.493. The fourth-order valence-corrected chi connectivity index (χ4v) is 0.478. The molecule has 1 nitrogen and oxygen atoms in total. The van der Waals surface area contributed by atoms with Crippen molar-refractivity contribution in [2.24, 2.45) is 0 Å². The average molecular weight is 197 g/mol. The van der Waals surface area contributed by atoms with Crippen LogP contribution in [-0.4, -0.2) is 37.1 Å². The van der Waals surface area contributed by atoms with Gasteiger partial charge in [-0.1, -0.05) is 6.07 Å². The Kier molecular flexibility index (Phi) is 20.5. The molecule has 0 unspecified atom stereocenters. The van der Waals surface area contributed by atoms with Crippen molar-refractivity contribution in [3.05, 3.63) is 42.8 Å². The SMILES string of the molecule is CNC.Cl.[CH2-]c1ccccc1.[Mg+2]. The van der Waals surface area contributed by atoms with Crippen molar-refractivity contribution in [3.8, 4) is 0 Å². The Balaban J connectivity index is -0.000000146. The van der Waals surface area contributed by atoms with Gasteiger partial charge in [0.15, 0.2) is 0 Å². The van der Waals surface area contributed by atoms with Crippen molar-refractivity contribution >= 4 is 35.5 Å². The van der Waals surface area contributed by atoms with E-state index in [4.69, 9.17) is 0 Å². The van der Waals surface area contributed by atoms with E-state index in [1.165, 1.54) is 0 Å². The second-order valence-electron chi connectivity index (χ2n) is 1.99. The zero-order valence-electron chi connectivity index (χ0n) is 7.71. The van der Waals surface area contributed by atoms with Crippen molar-refractivity contribution in [2.75, 3.05) is 14.1 Å². The maximum atomic E-state index is 3.72. The Bertz CT molecular complexity index is 156. The van der Waals surface area contributed by atoms with Gasteiger partial charge >= 0.3 is 23.1 Å². The molecule has 0 amide bonds. The first-order valence-electron chi connectivity index (χ1n) is 3.26. The zero-order valence-corrected chi connectivity index (χ0v) is 9.94. The molecular weight excluding hydrogens is 182 g/mol. The first-order chi connectivity index (χ1) is 4.81. The molecule has 0 radical (unpaired) electrons. The van der Waals surface area contributed by atoms with Crippen molar-refractivity contribution in [1.82, 2.24) is 5.32 Å². The van der Waals surface area contributed by atoms with Crippen LogP contribution in [0.3, 0.4) is 0 Å².